The predicted octanol–water partition coefficient (Wildman–Crippen LogP) is 2.62. The molecule has 0 radical (unpaired) electrons. The third-order valence-corrected chi connectivity index (χ3v) is 7.19. The van der Waals surface area contributed by atoms with Gasteiger partial charge in [0.25, 0.3) is 0 Å². The first-order valence-electron chi connectivity index (χ1n) is 8.99. The molecule has 0 atom stereocenters. The third-order valence-electron chi connectivity index (χ3n) is 4.74. The number of hydrogen-bond acceptors (Lipinski definition) is 6. The zero-order valence-electron chi connectivity index (χ0n) is 15.4. The van der Waals surface area contributed by atoms with Crippen molar-refractivity contribution in [3.05, 3.63) is 58.6 Å². The van der Waals surface area contributed by atoms with Crippen LogP contribution in [0.4, 0.5) is 0 Å². The lowest BCUT2D eigenvalue weighted by atomic mass is 10.2. The predicted molar refractivity (Wildman–Crippen MR) is 112 cm³/mol. The average Bonchev–Trinajstić information content (AvgIpc) is 3.10. The number of halogens is 1. The molecule has 1 fully saturated rings. The van der Waals surface area contributed by atoms with Crippen LogP contribution >= 0.6 is 23.8 Å². The van der Waals surface area contributed by atoms with Crippen LogP contribution in [0.1, 0.15) is 0 Å². The van der Waals surface area contributed by atoms with Gasteiger partial charge in [-0.3, -0.25) is 15.0 Å². The molecule has 3 aromatic rings. The maximum atomic E-state index is 12.7. The van der Waals surface area contributed by atoms with Crippen molar-refractivity contribution < 1.29 is 8.42 Å². The second-order valence-corrected chi connectivity index (χ2v) is 9.38. The van der Waals surface area contributed by atoms with Gasteiger partial charge in [-0.15, -0.1) is 0 Å². The highest BCUT2D eigenvalue weighted by atomic mass is 35.5. The summed E-state index contributed by atoms with van der Waals surface area (Å²) in [6, 6.07) is 10.5. The first-order chi connectivity index (χ1) is 13.9. The van der Waals surface area contributed by atoms with E-state index < -0.39 is 10.0 Å². The molecule has 2 aromatic heterocycles. The van der Waals surface area contributed by atoms with Crippen LogP contribution in [-0.4, -0.2) is 63.6 Å². The van der Waals surface area contributed by atoms with Crippen molar-refractivity contribution in [3.8, 4) is 11.4 Å². The van der Waals surface area contributed by atoms with E-state index in [0.29, 0.717) is 48.5 Å². The summed E-state index contributed by atoms with van der Waals surface area (Å²) in [5.41, 5.74) is 0.895. The number of pyridine rings is 1. The summed E-state index contributed by atoms with van der Waals surface area (Å²) >= 11 is 11.3. The summed E-state index contributed by atoms with van der Waals surface area (Å²) in [5.74, 6) is 0.671. The Hall–Kier alpha value is -2.11. The molecule has 1 aromatic carbocycles. The molecule has 11 heteroatoms. The van der Waals surface area contributed by atoms with Gasteiger partial charge in [-0.1, -0.05) is 11.6 Å². The molecular weight excluding hydrogens is 432 g/mol. The quantitative estimate of drug-likeness (QED) is 0.601. The fourth-order valence-electron chi connectivity index (χ4n) is 3.15. The Kier molecular flexibility index (Phi) is 5.79. The lowest BCUT2D eigenvalue weighted by Crippen LogP contribution is -2.48. The Morgan fingerprint density at radius 2 is 1.83 bits per heavy atom. The molecule has 4 rings (SSSR count). The van der Waals surface area contributed by atoms with Crippen molar-refractivity contribution in [2.45, 2.75) is 11.6 Å². The fourth-order valence-corrected chi connectivity index (χ4v) is 4.86. The highest BCUT2D eigenvalue weighted by Crippen LogP contribution is 2.19. The van der Waals surface area contributed by atoms with Gasteiger partial charge in [0, 0.05) is 49.2 Å². The van der Waals surface area contributed by atoms with Gasteiger partial charge in [0.15, 0.2) is 5.82 Å². The number of piperazine rings is 1. The van der Waals surface area contributed by atoms with Crippen LogP contribution in [0.3, 0.4) is 0 Å². The minimum absolute atomic E-state index is 0.219. The Morgan fingerprint density at radius 1 is 1.10 bits per heavy atom. The second-order valence-electron chi connectivity index (χ2n) is 6.64. The van der Waals surface area contributed by atoms with Crippen molar-refractivity contribution in [3.63, 3.8) is 0 Å². The Balaban J connectivity index is 1.41. The van der Waals surface area contributed by atoms with E-state index in [2.05, 4.69) is 20.0 Å². The topological polar surface area (TPSA) is 87.1 Å². The zero-order chi connectivity index (χ0) is 20.4. The molecule has 1 saturated heterocycles. The van der Waals surface area contributed by atoms with Crippen LogP contribution in [0.15, 0.2) is 53.7 Å². The number of aromatic nitrogens is 4. The molecule has 0 bridgehead atoms. The Bertz CT molecular complexity index is 1140. The van der Waals surface area contributed by atoms with E-state index in [1.165, 1.54) is 10.5 Å². The van der Waals surface area contributed by atoms with E-state index in [1.54, 1.807) is 35.1 Å². The van der Waals surface area contributed by atoms with Crippen LogP contribution in [0.2, 0.25) is 5.02 Å². The SMILES string of the molecule is O=S(=O)(c1cccnc1)N1CCN(Cn2[nH]c(-c3ccc(Cl)cc3)nc2=S)CC1. The van der Waals surface area contributed by atoms with Gasteiger partial charge in [-0.25, -0.2) is 13.1 Å². The van der Waals surface area contributed by atoms with Crippen molar-refractivity contribution in [1.82, 2.24) is 29.0 Å². The fraction of sp³-hybridized carbons (Fsp3) is 0.278. The van der Waals surface area contributed by atoms with Gasteiger partial charge in [0.2, 0.25) is 14.8 Å². The largest absolute Gasteiger partial charge is 0.282 e. The van der Waals surface area contributed by atoms with Crippen molar-refractivity contribution >= 4 is 33.8 Å². The zero-order valence-corrected chi connectivity index (χ0v) is 17.8. The van der Waals surface area contributed by atoms with E-state index in [4.69, 9.17) is 23.8 Å². The first kappa shape index (κ1) is 20.2. The van der Waals surface area contributed by atoms with Crippen molar-refractivity contribution in [2.75, 3.05) is 26.2 Å². The summed E-state index contributed by atoms with van der Waals surface area (Å²) < 4.78 is 29.1. The summed E-state index contributed by atoms with van der Waals surface area (Å²) in [6.45, 7) is 2.51. The minimum atomic E-state index is -3.52. The monoisotopic (exact) mass is 450 g/mol. The second kappa shape index (κ2) is 8.33. The number of nitrogens with zero attached hydrogens (tertiary/aromatic N) is 5. The molecule has 0 amide bonds. The van der Waals surface area contributed by atoms with Gasteiger partial charge in [-0.05, 0) is 48.6 Å². The molecule has 0 aliphatic carbocycles. The van der Waals surface area contributed by atoms with E-state index >= 15 is 0 Å². The van der Waals surface area contributed by atoms with E-state index in [0.717, 1.165) is 5.56 Å². The van der Waals surface area contributed by atoms with Crippen molar-refractivity contribution in [1.29, 1.82) is 0 Å². The van der Waals surface area contributed by atoms with Crippen LogP contribution in [-0.2, 0) is 16.7 Å². The smallest absolute Gasteiger partial charge is 0.244 e. The number of sulfonamides is 1. The maximum Gasteiger partial charge on any atom is 0.244 e. The molecule has 1 aliphatic heterocycles. The average molecular weight is 451 g/mol. The third kappa shape index (κ3) is 4.41. The number of rotatable bonds is 5. The molecule has 0 spiro atoms. The van der Waals surface area contributed by atoms with Gasteiger partial charge in [-0.2, -0.15) is 9.29 Å². The van der Waals surface area contributed by atoms with E-state index in [9.17, 15) is 8.42 Å². The number of benzene rings is 1. The van der Waals surface area contributed by atoms with E-state index in [-0.39, 0.29) is 4.90 Å². The number of hydrogen-bond donors (Lipinski definition) is 1. The van der Waals surface area contributed by atoms with Crippen LogP contribution in [0, 0.1) is 4.77 Å². The lowest BCUT2D eigenvalue weighted by Gasteiger charge is -2.33. The molecule has 8 nitrogen and oxygen atoms in total. The van der Waals surface area contributed by atoms with E-state index in [1.807, 2.05) is 12.1 Å². The summed E-state index contributed by atoms with van der Waals surface area (Å²) in [7, 11) is -3.52. The number of nitrogens with one attached hydrogen (secondary N) is 1. The molecule has 152 valence electrons. The summed E-state index contributed by atoms with van der Waals surface area (Å²) in [6.07, 6.45) is 2.94. The van der Waals surface area contributed by atoms with Gasteiger partial charge in [0.1, 0.15) is 4.90 Å². The molecule has 1 aliphatic rings. The first-order valence-corrected chi connectivity index (χ1v) is 11.2. The standard InChI is InChI=1S/C18H19ClN6O2S2/c19-15-5-3-14(4-6-15)17-21-18(28)25(22-17)13-23-8-10-24(11-9-23)29(26,27)16-2-1-7-20-12-16/h1-7,12H,8-11,13H2,(H,21,22,28). The summed E-state index contributed by atoms with van der Waals surface area (Å²) in [5, 5.41) is 3.87. The van der Waals surface area contributed by atoms with Crippen LogP contribution < -0.4 is 0 Å². The molecule has 29 heavy (non-hydrogen) atoms. The van der Waals surface area contributed by atoms with Crippen LogP contribution in [0.5, 0.6) is 0 Å². The molecule has 0 unspecified atom stereocenters. The Morgan fingerprint density at radius 3 is 2.48 bits per heavy atom. The minimum Gasteiger partial charge on any atom is -0.282 e. The maximum absolute atomic E-state index is 12.7. The van der Waals surface area contributed by atoms with Gasteiger partial charge in [0.05, 0.1) is 6.67 Å². The number of aromatic amines is 1. The number of H-pyrrole nitrogens is 1. The summed E-state index contributed by atoms with van der Waals surface area (Å²) in [4.78, 5) is 10.7. The van der Waals surface area contributed by atoms with Crippen LogP contribution in [0.25, 0.3) is 11.4 Å². The van der Waals surface area contributed by atoms with Gasteiger partial charge >= 0.3 is 0 Å². The molecule has 0 saturated carbocycles. The Labute approximate surface area is 178 Å². The lowest BCUT2D eigenvalue weighted by molar-refractivity contribution is 0.145. The molecule has 3 heterocycles. The molecular formula is C18H19ClN6O2S2. The van der Waals surface area contributed by atoms with Gasteiger partial charge < -0.3 is 0 Å². The normalized spacial score (nSPS) is 16.2. The van der Waals surface area contributed by atoms with Crippen molar-refractivity contribution in [2.24, 2.45) is 0 Å². The highest BCUT2D eigenvalue weighted by Gasteiger charge is 2.28. The molecule has 1 N–H and O–H groups in total. The highest BCUT2D eigenvalue weighted by molar-refractivity contribution is 7.89.